The lowest BCUT2D eigenvalue weighted by Gasteiger charge is -2.12. The Labute approximate surface area is 114 Å². The zero-order chi connectivity index (χ0) is 15.2. The molecule has 0 heterocycles. The van der Waals surface area contributed by atoms with E-state index in [0.29, 0.717) is 0 Å². The highest BCUT2D eigenvalue weighted by Crippen LogP contribution is 2.32. The van der Waals surface area contributed by atoms with Gasteiger partial charge < -0.3 is 14.2 Å². The van der Waals surface area contributed by atoms with Crippen LogP contribution in [0.3, 0.4) is 0 Å². The summed E-state index contributed by atoms with van der Waals surface area (Å²) in [6, 6.07) is 2.78. The molecule has 0 aliphatic rings. The second-order valence-electron chi connectivity index (χ2n) is 3.81. The standard InChI is InChI=1S/C13H15F3O4/c1-3-19-12(17)9-6-10(13(14,15)16)8-11(7-9)20-5-4-18-2/h6-8H,3-5H2,1-2H3. The number of carbonyl (C=O) groups excluding carboxylic acids is 1. The van der Waals surface area contributed by atoms with E-state index in [1.165, 1.54) is 13.2 Å². The first-order chi connectivity index (χ1) is 9.38. The third-order valence-corrected chi connectivity index (χ3v) is 2.30. The van der Waals surface area contributed by atoms with Crippen LogP contribution < -0.4 is 4.74 Å². The number of hydrogen-bond donors (Lipinski definition) is 0. The summed E-state index contributed by atoms with van der Waals surface area (Å²) < 4.78 is 52.8. The van der Waals surface area contributed by atoms with Gasteiger partial charge in [-0.1, -0.05) is 0 Å². The molecule has 0 N–H and O–H groups in total. The predicted octanol–water partition coefficient (Wildman–Crippen LogP) is 2.91. The van der Waals surface area contributed by atoms with Crippen molar-refractivity contribution in [2.45, 2.75) is 13.1 Å². The monoisotopic (exact) mass is 292 g/mol. The maximum Gasteiger partial charge on any atom is 0.416 e. The Bertz CT molecular complexity index is 457. The van der Waals surface area contributed by atoms with E-state index in [2.05, 4.69) is 4.74 Å². The van der Waals surface area contributed by atoms with Gasteiger partial charge in [0.05, 0.1) is 24.3 Å². The minimum Gasteiger partial charge on any atom is -0.491 e. The number of alkyl halides is 3. The Balaban J connectivity index is 3.04. The van der Waals surface area contributed by atoms with Gasteiger partial charge in [0.15, 0.2) is 0 Å². The summed E-state index contributed by atoms with van der Waals surface area (Å²) in [6.45, 7) is 1.96. The Morgan fingerprint density at radius 3 is 2.45 bits per heavy atom. The molecule has 0 aliphatic carbocycles. The first-order valence-corrected chi connectivity index (χ1v) is 5.89. The highest BCUT2D eigenvalue weighted by atomic mass is 19.4. The van der Waals surface area contributed by atoms with Crippen LogP contribution in [0.4, 0.5) is 13.2 Å². The first-order valence-electron chi connectivity index (χ1n) is 5.89. The zero-order valence-corrected chi connectivity index (χ0v) is 11.1. The summed E-state index contributed by atoms with van der Waals surface area (Å²) in [5.74, 6) is -0.880. The molecule has 1 aromatic rings. The highest BCUT2D eigenvalue weighted by molar-refractivity contribution is 5.90. The van der Waals surface area contributed by atoms with Gasteiger partial charge in [-0.2, -0.15) is 13.2 Å². The lowest BCUT2D eigenvalue weighted by Crippen LogP contribution is -2.12. The molecule has 0 aromatic heterocycles. The van der Waals surface area contributed by atoms with Crippen LogP contribution in [0, 0.1) is 0 Å². The minimum atomic E-state index is -4.57. The predicted molar refractivity (Wildman–Crippen MR) is 64.8 cm³/mol. The third-order valence-electron chi connectivity index (χ3n) is 2.30. The molecular formula is C13H15F3O4. The zero-order valence-electron chi connectivity index (χ0n) is 11.1. The fraction of sp³-hybridized carbons (Fsp3) is 0.462. The molecule has 1 rings (SSSR count). The number of halogens is 3. The molecule has 0 saturated carbocycles. The van der Waals surface area contributed by atoms with Gasteiger partial charge in [-0.15, -0.1) is 0 Å². The van der Waals surface area contributed by atoms with Crippen molar-refractivity contribution in [3.63, 3.8) is 0 Å². The molecule has 0 radical (unpaired) electrons. The van der Waals surface area contributed by atoms with Crippen molar-refractivity contribution in [1.29, 1.82) is 0 Å². The van der Waals surface area contributed by atoms with Crippen molar-refractivity contribution >= 4 is 5.97 Å². The Kier molecular flexibility index (Phi) is 5.82. The lowest BCUT2D eigenvalue weighted by atomic mass is 10.1. The molecule has 0 bridgehead atoms. The van der Waals surface area contributed by atoms with E-state index in [-0.39, 0.29) is 31.1 Å². The van der Waals surface area contributed by atoms with Crippen molar-refractivity contribution < 1.29 is 32.2 Å². The molecule has 0 amide bonds. The Hall–Kier alpha value is -1.76. The van der Waals surface area contributed by atoms with Crippen molar-refractivity contribution in [2.75, 3.05) is 26.9 Å². The smallest absolute Gasteiger partial charge is 0.416 e. The van der Waals surface area contributed by atoms with Gasteiger partial charge in [0.25, 0.3) is 0 Å². The summed E-state index contributed by atoms with van der Waals surface area (Å²) in [6.07, 6.45) is -4.57. The van der Waals surface area contributed by atoms with Crippen LogP contribution in [-0.4, -0.2) is 32.9 Å². The van der Waals surface area contributed by atoms with E-state index in [1.807, 2.05) is 0 Å². The van der Waals surface area contributed by atoms with Crippen molar-refractivity contribution in [2.24, 2.45) is 0 Å². The molecule has 7 heteroatoms. The fourth-order valence-electron chi connectivity index (χ4n) is 1.42. The van der Waals surface area contributed by atoms with Gasteiger partial charge >= 0.3 is 12.1 Å². The summed E-state index contributed by atoms with van der Waals surface area (Å²) in [5.41, 5.74) is -1.16. The topological polar surface area (TPSA) is 44.8 Å². The number of carbonyl (C=O) groups is 1. The van der Waals surface area contributed by atoms with E-state index in [1.54, 1.807) is 6.92 Å². The van der Waals surface area contributed by atoms with E-state index in [4.69, 9.17) is 9.47 Å². The molecule has 0 unspecified atom stereocenters. The maximum atomic E-state index is 12.8. The molecule has 20 heavy (non-hydrogen) atoms. The van der Waals surface area contributed by atoms with Gasteiger partial charge in [0.1, 0.15) is 12.4 Å². The fourth-order valence-corrected chi connectivity index (χ4v) is 1.42. The van der Waals surface area contributed by atoms with E-state index >= 15 is 0 Å². The maximum absolute atomic E-state index is 12.8. The number of methoxy groups -OCH3 is 1. The molecular weight excluding hydrogens is 277 g/mol. The summed E-state index contributed by atoms with van der Waals surface area (Å²) in [7, 11) is 1.44. The van der Waals surface area contributed by atoms with Gasteiger partial charge in [-0.05, 0) is 25.1 Å². The van der Waals surface area contributed by atoms with E-state index in [9.17, 15) is 18.0 Å². The van der Waals surface area contributed by atoms with Crippen molar-refractivity contribution in [3.05, 3.63) is 29.3 Å². The van der Waals surface area contributed by atoms with Gasteiger partial charge in [-0.3, -0.25) is 0 Å². The molecule has 112 valence electrons. The van der Waals surface area contributed by atoms with Crippen LogP contribution in [0.25, 0.3) is 0 Å². The second kappa shape index (κ2) is 7.14. The van der Waals surface area contributed by atoms with Crippen LogP contribution in [0.5, 0.6) is 5.75 Å². The molecule has 1 aromatic carbocycles. The molecule has 0 aliphatic heterocycles. The SMILES string of the molecule is CCOC(=O)c1cc(OCCOC)cc(C(F)(F)F)c1. The lowest BCUT2D eigenvalue weighted by molar-refractivity contribution is -0.137. The third kappa shape index (κ3) is 4.73. The van der Waals surface area contributed by atoms with Crippen LogP contribution in [-0.2, 0) is 15.7 Å². The second-order valence-corrected chi connectivity index (χ2v) is 3.81. The molecule has 0 spiro atoms. The summed E-state index contributed by atoms with van der Waals surface area (Å²) in [4.78, 5) is 11.5. The molecule has 4 nitrogen and oxygen atoms in total. The first kappa shape index (κ1) is 16.3. The van der Waals surface area contributed by atoms with Crippen LogP contribution in [0.2, 0.25) is 0 Å². The normalized spacial score (nSPS) is 11.2. The van der Waals surface area contributed by atoms with Gasteiger partial charge in [-0.25, -0.2) is 4.79 Å². The van der Waals surface area contributed by atoms with Crippen LogP contribution in [0.15, 0.2) is 18.2 Å². The summed E-state index contributed by atoms with van der Waals surface area (Å²) >= 11 is 0. The Morgan fingerprint density at radius 2 is 1.90 bits per heavy atom. The quantitative estimate of drug-likeness (QED) is 0.597. The molecule has 0 saturated heterocycles. The van der Waals surface area contributed by atoms with Gasteiger partial charge in [0.2, 0.25) is 0 Å². The molecule has 0 fully saturated rings. The number of ether oxygens (including phenoxy) is 3. The van der Waals surface area contributed by atoms with E-state index in [0.717, 1.165) is 12.1 Å². The average molecular weight is 292 g/mol. The molecule has 0 atom stereocenters. The largest absolute Gasteiger partial charge is 0.491 e. The summed E-state index contributed by atoms with van der Waals surface area (Å²) in [5, 5.41) is 0. The Morgan fingerprint density at radius 1 is 1.20 bits per heavy atom. The number of esters is 1. The number of hydrogen-bond acceptors (Lipinski definition) is 4. The average Bonchev–Trinajstić information content (AvgIpc) is 2.38. The van der Waals surface area contributed by atoms with Crippen molar-refractivity contribution in [3.8, 4) is 5.75 Å². The van der Waals surface area contributed by atoms with Gasteiger partial charge in [0, 0.05) is 7.11 Å². The highest BCUT2D eigenvalue weighted by Gasteiger charge is 2.32. The number of rotatable bonds is 6. The minimum absolute atomic E-state index is 0.0556. The number of benzene rings is 1. The van der Waals surface area contributed by atoms with E-state index < -0.39 is 17.7 Å². The van der Waals surface area contributed by atoms with Crippen LogP contribution in [0.1, 0.15) is 22.8 Å². The van der Waals surface area contributed by atoms with Crippen molar-refractivity contribution in [1.82, 2.24) is 0 Å². The van der Waals surface area contributed by atoms with Crippen LogP contribution >= 0.6 is 0 Å².